The highest BCUT2D eigenvalue weighted by molar-refractivity contribution is 5.83. The number of primary amides is 1. The number of nitrogens with two attached hydrogens (primary N) is 1. The normalized spacial score (nSPS) is 13.6. The van der Waals surface area contributed by atoms with Crippen LogP contribution in [0.4, 0.5) is 5.69 Å². The number of hydrogen-bond donors (Lipinski definition) is 4. The number of phenols is 1. The molecule has 0 aliphatic rings. The van der Waals surface area contributed by atoms with Gasteiger partial charge in [-0.2, -0.15) is 0 Å². The van der Waals surface area contributed by atoms with E-state index in [1.165, 1.54) is 0 Å². The van der Waals surface area contributed by atoms with Crippen molar-refractivity contribution in [3.8, 4) is 5.75 Å². The quantitative estimate of drug-likeness (QED) is 0.302. The van der Waals surface area contributed by atoms with Crippen molar-refractivity contribution in [3.05, 3.63) is 33.4 Å². The first-order valence-electron chi connectivity index (χ1n) is 4.91. The number of nitrogens with zero attached hydrogens (tertiary/aromatic N) is 1. The molecule has 0 fully saturated rings. The fraction of sp³-hybridized carbons (Fsp3) is 0.200. The second kappa shape index (κ2) is 5.42. The van der Waals surface area contributed by atoms with E-state index in [-0.39, 0.29) is 11.8 Å². The van der Waals surface area contributed by atoms with Crippen LogP contribution in [0.5, 0.6) is 5.75 Å². The molecular formula is C10H10N2O7. The Kier molecular flexibility index (Phi) is 4.14. The van der Waals surface area contributed by atoms with Crippen LogP contribution < -0.4 is 5.73 Å². The standard InChI is InChI=1S/C10H10N2O7/c11-10(17)9(16)8(15)4-1-5(3-13)7(14)6(2-4)12(18)19/h1-3,8-9,14-16H,(H2,11,17). The molecule has 0 radical (unpaired) electrons. The maximum Gasteiger partial charge on any atom is 0.311 e. The molecular weight excluding hydrogens is 260 g/mol. The molecule has 102 valence electrons. The predicted molar refractivity (Wildman–Crippen MR) is 60.3 cm³/mol. The monoisotopic (exact) mass is 270 g/mol. The molecule has 0 spiro atoms. The van der Waals surface area contributed by atoms with E-state index in [0.29, 0.717) is 0 Å². The predicted octanol–water partition coefficient (Wildman–Crippen LogP) is -1.01. The van der Waals surface area contributed by atoms with Gasteiger partial charge in [-0.1, -0.05) is 0 Å². The zero-order valence-electron chi connectivity index (χ0n) is 9.39. The van der Waals surface area contributed by atoms with Crippen LogP contribution in [-0.4, -0.2) is 38.5 Å². The largest absolute Gasteiger partial charge is 0.502 e. The molecule has 2 unspecified atom stereocenters. The first-order chi connectivity index (χ1) is 8.79. The summed E-state index contributed by atoms with van der Waals surface area (Å²) in [5.74, 6) is -2.11. The van der Waals surface area contributed by atoms with Crippen LogP contribution >= 0.6 is 0 Å². The number of aliphatic hydroxyl groups is 2. The number of carbonyl (C=O) groups excluding carboxylic acids is 2. The van der Waals surface area contributed by atoms with Gasteiger partial charge in [0, 0.05) is 6.07 Å². The minimum absolute atomic E-state index is 0.134. The molecule has 9 nitrogen and oxygen atoms in total. The fourth-order valence-corrected chi connectivity index (χ4v) is 1.40. The summed E-state index contributed by atoms with van der Waals surface area (Å²) < 4.78 is 0. The Labute approximate surface area is 106 Å². The molecule has 0 saturated heterocycles. The molecule has 1 aromatic carbocycles. The van der Waals surface area contributed by atoms with Crippen LogP contribution in [0.2, 0.25) is 0 Å². The van der Waals surface area contributed by atoms with Gasteiger partial charge in [-0.25, -0.2) is 0 Å². The lowest BCUT2D eigenvalue weighted by atomic mass is 10.00. The van der Waals surface area contributed by atoms with Crippen molar-refractivity contribution in [1.29, 1.82) is 0 Å². The number of phenolic OH excluding ortho intramolecular Hbond substituents is 1. The van der Waals surface area contributed by atoms with Gasteiger partial charge in [-0.3, -0.25) is 19.7 Å². The topological polar surface area (TPSA) is 164 Å². The fourth-order valence-electron chi connectivity index (χ4n) is 1.40. The Hall–Kier alpha value is -2.52. The van der Waals surface area contributed by atoms with Gasteiger partial charge in [0.15, 0.2) is 12.4 Å². The van der Waals surface area contributed by atoms with Gasteiger partial charge in [-0.15, -0.1) is 0 Å². The van der Waals surface area contributed by atoms with E-state index in [2.05, 4.69) is 0 Å². The number of hydrogen-bond acceptors (Lipinski definition) is 7. The number of amides is 1. The van der Waals surface area contributed by atoms with E-state index >= 15 is 0 Å². The number of aldehydes is 1. The maximum absolute atomic E-state index is 10.7. The van der Waals surface area contributed by atoms with Crippen molar-refractivity contribution in [2.45, 2.75) is 12.2 Å². The van der Waals surface area contributed by atoms with Gasteiger partial charge >= 0.3 is 5.69 Å². The number of aliphatic hydroxyl groups excluding tert-OH is 2. The number of nitro benzene ring substituents is 1. The molecule has 2 atom stereocenters. The van der Waals surface area contributed by atoms with Crippen molar-refractivity contribution >= 4 is 17.9 Å². The van der Waals surface area contributed by atoms with E-state index in [1.807, 2.05) is 0 Å². The van der Waals surface area contributed by atoms with Crippen LogP contribution in [0.1, 0.15) is 22.0 Å². The molecule has 1 rings (SSSR count). The maximum atomic E-state index is 10.7. The second-order valence-corrected chi connectivity index (χ2v) is 3.64. The molecule has 1 aromatic rings. The van der Waals surface area contributed by atoms with Gasteiger partial charge < -0.3 is 21.1 Å². The summed E-state index contributed by atoms with van der Waals surface area (Å²) >= 11 is 0. The number of rotatable bonds is 5. The van der Waals surface area contributed by atoms with Crippen molar-refractivity contribution < 1.29 is 29.8 Å². The molecule has 5 N–H and O–H groups in total. The number of aromatic hydroxyl groups is 1. The van der Waals surface area contributed by atoms with Crippen molar-refractivity contribution in [3.63, 3.8) is 0 Å². The first-order valence-corrected chi connectivity index (χ1v) is 4.91. The van der Waals surface area contributed by atoms with E-state index in [9.17, 15) is 35.0 Å². The Morgan fingerprint density at radius 2 is 2.00 bits per heavy atom. The van der Waals surface area contributed by atoms with Crippen molar-refractivity contribution in [1.82, 2.24) is 0 Å². The van der Waals surface area contributed by atoms with Crippen LogP contribution in [-0.2, 0) is 4.79 Å². The lowest BCUT2D eigenvalue weighted by molar-refractivity contribution is -0.386. The molecule has 0 bridgehead atoms. The van der Waals surface area contributed by atoms with Gasteiger partial charge in [0.05, 0.1) is 10.5 Å². The third kappa shape index (κ3) is 2.84. The first kappa shape index (κ1) is 14.5. The number of nitro groups is 1. The van der Waals surface area contributed by atoms with E-state index in [1.54, 1.807) is 0 Å². The Morgan fingerprint density at radius 3 is 2.42 bits per heavy atom. The lowest BCUT2D eigenvalue weighted by Crippen LogP contribution is -2.33. The molecule has 9 heteroatoms. The number of carbonyl (C=O) groups is 2. The summed E-state index contributed by atoms with van der Waals surface area (Å²) in [6.45, 7) is 0. The van der Waals surface area contributed by atoms with Gasteiger partial charge in [0.2, 0.25) is 11.7 Å². The smallest absolute Gasteiger partial charge is 0.311 e. The van der Waals surface area contributed by atoms with Gasteiger partial charge in [-0.05, 0) is 11.6 Å². The van der Waals surface area contributed by atoms with E-state index in [4.69, 9.17) is 5.73 Å². The van der Waals surface area contributed by atoms with Crippen LogP contribution in [0.25, 0.3) is 0 Å². The van der Waals surface area contributed by atoms with Crippen LogP contribution in [0.3, 0.4) is 0 Å². The minimum atomic E-state index is -2.00. The van der Waals surface area contributed by atoms with Crippen LogP contribution in [0.15, 0.2) is 12.1 Å². The van der Waals surface area contributed by atoms with E-state index < -0.39 is 40.0 Å². The highest BCUT2D eigenvalue weighted by Gasteiger charge is 2.27. The third-order valence-corrected chi connectivity index (χ3v) is 2.40. The van der Waals surface area contributed by atoms with Gasteiger partial charge in [0.25, 0.3) is 0 Å². The Bertz CT molecular complexity index is 543. The molecule has 0 aliphatic carbocycles. The second-order valence-electron chi connectivity index (χ2n) is 3.64. The van der Waals surface area contributed by atoms with Crippen molar-refractivity contribution in [2.24, 2.45) is 5.73 Å². The summed E-state index contributed by atoms with van der Waals surface area (Å²) in [6.07, 6.45) is -3.71. The van der Waals surface area contributed by atoms with Crippen LogP contribution in [0, 0.1) is 10.1 Å². The Morgan fingerprint density at radius 1 is 1.42 bits per heavy atom. The Balaban J connectivity index is 3.37. The SMILES string of the molecule is NC(=O)C(O)C(O)c1cc(C=O)c(O)c([N+](=O)[O-])c1. The third-order valence-electron chi connectivity index (χ3n) is 2.40. The summed E-state index contributed by atoms with van der Waals surface area (Å²) in [6, 6.07) is 1.64. The molecule has 0 heterocycles. The highest BCUT2D eigenvalue weighted by Crippen LogP contribution is 2.33. The molecule has 0 aliphatic heterocycles. The van der Waals surface area contributed by atoms with E-state index in [0.717, 1.165) is 12.1 Å². The summed E-state index contributed by atoms with van der Waals surface area (Å²) in [7, 11) is 0. The van der Waals surface area contributed by atoms with Crippen molar-refractivity contribution in [2.75, 3.05) is 0 Å². The zero-order valence-corrected chi connectivity index (χ0v) is 9.39. The minimum Gasteiger partial charge on any atom is -0.502 e. The average molecular weight is 270 g/mol. The van der Waals surface area contributed by atoms with Gasteiger partial charge in [0.1, 0.15) is 6.10 Å². The average Bonchev–Trinajstić information content (AvgIpc) is 2.36. The molecule has 0 saturated carbocycles. The summed E-state index contributed by atoms with van der Waals surface area (Å²) in [4.78, 5) is 31.1. The summed E-state index contributed by atoms with van der Waals surface area (Å²) in [5, 5.41) is 38.9. The lowest BCUT2D eigenvalue weighted by Gasteiger charge is -2.15. The molecule has 19 heavy (non-hydrogen) atoms. The highest BCUT2D eigenvalue weighted by atomic mass is 16.6. The molecule has 0 aromatic heterocycles. The summed E-state index contributed by atoms with van der Waals surface area (Å²) in [5.41, 5.74) is 3.18. The number of benzene rings is 1. The molecule has 1 amide bonds. The zero-order chi connectivity index (χ0) is 14.7.